The minimum Gasteiger partial charge on any atom is -0.399 e. The van der Waals surface area contributed by atoms with Crippen molar-refractivity contribution in [2.45, 2.75) is 20.8 Å². The third kappa shape index (κ3) is 4.24. The summed E-state index contributed by atoms with van der Waals surface area (Å²) in [4.78, 5) is 0. The van der Waals surface area contributed by atoms with Crippen molar-refractivity contribution < 1.29 is 0 Å². The first-order valence-electron chi connectivity index (χ1n) is 7.70. The molecule has 0 fully saturated rings. The lowest BCUT2D eigenvalue weighted by Crippen LogP contribution is -1.84. The fourth-order valence-corrected chi connectivity index (χ4v) is 2.11. The maximum Gasteiger partial charge on any atom is 0.0807 e. The van der Waals surface area contributed by atoms with Crippen LogP contribution in [0, 0.1) is 18.8 Å². The van der Waals surface area contributed by atoms with Crippen molar-refractivity contribution in [3.63, 3.8) is 0 Å². The van der Waals surface area contributed by atoms with Crippen LogP contribution < -0.4 is 5.73 Å². The van der Waals surface area contributed by atoms with Gasteiger partial charge >= 0.3 is 0 Å². The molecule has 3 N–H and O–H groups in total. The minimum atomic E-state index is 0.740. The lowest BCUT2D eigenvalue weighted by atomic mass is 10.1. The Morgan fingerprint density at radius 3 is 2.43 bits per heavy atom. The average Bonchev–Trinajstić information content (AvgIpc) is 3.05. The molecule has 0 bridgehead atoms. The number of anilines is 1. The fraction of sp³-hybridized carbons (Fsp3) is 0.150. The van der Waals surface area contributed by atoms with Crippen LogP contribution in [0.15, 0.2) is 54.7 Å². The highest BCUT2D eigenvalue weighted by molar-refractivity contribution is 5.67. The van der Waals surface area contributed by atoms with E-state index >= 15 is 0 Å². The highest BCUT2D eigenvalue weighted by atomic mass is 15.1. The summed E-state index contributed by atoms with van der Waals surface area (Å²) in [6.07, 6.45) is 1.75. The Labute approximate surface area is 137 Å². The van der Waals surface area contributed by atoms with E-state index in [1.54, 1.807) is 6.20 Å². The van der Waals surface area contributed by atoms with Gasteiger partial charge in [-0.25, -0.2) is 0 Å². The van der Waals surface area contributed by atoms with Crippen molar-refractivity contribution in [1.82, 2.24) is 10.2 Å². The van der Waals surface area contributed by atoms with Crippen LogP contribution in [-0.2, 0) is 0 Å². The average molecular weight is 303 g/mol. The SMILES string of the molecule is CC.Cc1cccc(-c2[nH]ncc2C#Cc2ccc(N)cc2)c1. The summed E-state index contributed by atoms with van der Waals surface area (Å²) in [5, 5.41) is 7.13. The number of H-pyrrole nitrogens is 1. The summed E-state index contributed by atoms with van der Waals surface area (Å²) >= 11 is 0. The van der Waals surface area contributed by atoms with E-state index < -0.39 is 0 Å². The summed E-state index contributed by atoms with van der Waals surface area (Å²) in [6, 6.07) is 15.8. The molecule has 0 aliphatic rings. The van der Waals surface area contributed by atoms with Gasteiger partial charge in [-0.1, -0.05) is 49.5 Å². The van der Waals surface area contributed by atoms with Gasteiger partial charge in [-0.05, 0) is 37.3 Å². The largest absolute Gasteiger partial charge is 0.399 e. The van der Waals surface area contributed by atoms with Crippen molar-refractivity contribution in [2.24, 2.45) is 0 Å². The molecule has 0 amide bonds. The van der Waals surface area contributed by atoms with Crippen LogP contribution in [0.3, 0.4) is 0 Å². The van der Waals surface area contributed by atoms with E-state index in [2.05, 4.69) is 47.2 Å². The number of rotatable bonds is 1. The van der Waals surface area contributed by atoms with Gasteiger partial charge in [-0.2, -0.15) is 5.10 Å². The van der Waals surface area contributed by atoms with Crippen molar-refractivity contribution in [1.29, 1.82) is 0 Å². The zero-order chi connectivity index (χ0) is 16.7. The molecule has 0 radical (unpaired) electrons. The van der Waals surface area contributed by atoms with E-state index in [0.29, 0.717) is 0 Å². The molecule has 3 heteroatoms. The Hall–Kier alpha value is -2.99. The smallest absolute Gasteiger partial charge is 0.0807 e. The Morgan fingerprint density at radius 2 is 1.74 bits per heavy atom. The van der Waals surface area contributed by atoms with E-state index in [1.165, 1.54) is 5.56 Å². The molecular weight excluding hydrogens is 282 g/mol. The Balaban J connectivity index is 0.000000924. The predicted molar refractivity (Wildman–Crippen MR) is 96.9 cm³/mol. The lowest BCUT2D eigenvalue weighted by Gasteiger charge is -2.00. The van der Waals surface area contributed by atoms with Gasteiger partial charge in [0.05, 0.1) is 17.5 Å². The van der Waals surface area contributed by atoms with E-state index in [9.17, 15) is 0 Å². The number of aromatic amines is 1. The number of hydrogen-bond donors (Lipinski definition) is 2. The van der Waals surface area contributed by atoms with Crippen LogP contribution in [0.4, 0.5) is 5.69 Å². The second-order valence-electron chi connectivity index (χ2n) is 4.90. The van der Waals surface area contributed by atoms with Crippen molar-refractivity contribution in [3.8, 4) is 23.1 Å². The Morgan fingerprint density at radius 1 is 1.00 bits per heavy atom. The van der Waals surface area contributed by atoms with Gasteiger partial charge in [0.1, 0.15) is 0 Å². The molecule has 3 aromatic rings. The van der Waals surface area contributed by atoms with Gasteiger partial charge in [-0.3, -0.25) is 5.10 Å². The molecule has 3 rings (SSSR count). The standard InChI is InChI=1S/C18H15N3.C2H6/c1-13-3-2-4-15(11-13)18-16(12-20-21-18)8-5-14-6-9-17(19)10-7-14;1-2/h2-4,6-7,9-12H,19H2,1H3,(H,20,21);1-2H3. The fourth-order valence-electron chi connectivity index (χ4n) is 2.11. The van der Waals surface area contributed by atoms with E-state index in [1.807, 2.05) is 44.2 Å². The second-order valence-corrected chi connectivity index (χ2v) is 4.90. The zero-order valence-electron chi connectivity index (χ0n) is 13.7. The highest BCUT2D eigenvalue weighted by Gasteiger charge is 2.05. The van der Waals surface area contributed by atoms with Crippen LogP contribution >= 0.6 is 0 Å². The second kappa shape index (κ2) is 7.86. The predicted octanol–water partition coefficient (Wildman–Crippen LogP) is 4.39. The molecule has 0 atom stereocenters. The summed E-state index contributed by atoms with van der Waals surface area (Å²) in [5.41, 5.74) is 11.5. The van der Waals surface area contributed by atoms with Crippen LogP contribution in [0.5, 0.6) is 0 Å². The van der Waals surface area contributed by atoms with E-state index in [0.717, 1.165) is 28.1 Å². The summed E-state index contributed by atoms with van der Waals surface area (Å²) < 4.78 is 0. The van der Waals surface area contributed by atoms with Crippen LogP contribution in [-0.4, -0.2) is 10.2 Å². The first-order chi connectivity index (χ1) is 11.2. The molecule has 0 saturated heterocycles. The molecular formula is C20H21N3. The Bertz CT molecular complexity index is 818. The van der Waals surface area contributed by atoms with Gasteiger partial charge in [0.25, 0.3) is 0 Å². The minimum absolute atomic E-state index is 0.740. The number of hydrogen-bond acceptors (Lipinski definition) is 2. The monoisotopic (exact) mass is 303 g/mol. The van der Waals surface area contributed by atoms with Gasteiger partial charge in [0.15, 0.2) is 0 Å². The normalized spacial score (nSPS) is 9.35. The molecule has 0 aliphatic heterocycles. The molecule has 1 aromatic heterocycles. The van der Waals surface area contributed by atoms with Crippen molar-refractivity contribution >= 4 is 5.69 Å². The van der Waals surface area contributed by atoms with Crippen LogP contribution in [0.2, 0.25) is 0 Å². The summed E-state index contributed by atoms with van der Waals surface area (Å²) in [5.74, 6) is 6.30. The third-order valence-electron chi connectivity index (χ3n) is 3.20. The number of nitrogens with zero attached hydrogens (tertiary/aromatic N) is 1. The summed E-state index contributed by atoms with van der Waals surface area (Å²) in [7, 11) is 0. The van der Waals surface area contributed by atoms with Crippen LogP contribution in [0.25, 0.3) is 11.3 Å². The quantitative estimate of drug-likeness (QED) is 0.517. The molecule has 23 heavy (non-hydrogen) atoms. The maximum atomic E-state index is 5.67. The van der Waals surface area contributed by atoms with Crippen LogP contribution in [0.1, 0.15) is 30.5 Å². The zero-order valence-corrected chi connectivity index (χ0v) is 13.7. The first kappa shape index (κ1) is 16.4. The van der Waals surface area contributed by atoms with E-state index in [4.69, 9.17) is 5.73 Å². The molecule has 0 unspecified atom stereocenters. The molecule has 116 valence electrons. The molecule has 0 aliphatic carbocycles. The summed E-state index contributed by atoms with van der Waals surface area (Å²) in [6.45, 7) is 6.07. The molecule has 0 spiro atoms. The van der Waals surface area contributed by atoms with Crippen molar-refractivity contribution in [3.05, 3.63) is 71.4 Å². The topological polar surface area (TPSA) is 54.7 Å². The van der Waals surface area contributed by atoms with Gasteiger partial charge in [-0.15, -0.1) is 0 Å². The number of aryl methyl sites for hydroxylation is 1. The van der Waals surface area contributed by atoms with Gasteiger partial charge < -0.3 is 5.73 Å². The number of benzene rings is 2. The maximum absolute atomic E-state index is 5.67. The molecule has 2 aromatic carbocycles. The lowest BCUT2D eigenvalue weighted by molar-refractivity contribution is 1.09. The number of nitrogen functional groups attached to an aromatic ring is 1. The number of aromatic nitrogens is 2. The van der Waals surface area contributed by atoms with Crippen molar-refractivity contribution in [2.75, 3.05) is 5.73 Å². The number of nitrogens with two attached hydrogens (primary N) is 1. The first-order valence-corrected chi connectivity index (χ1v) is 7.70. The molecule has 0 saturated carbocycles. The van der Waals surface area contributed by atoms with Gasteiger partial charge in [0, 0.05) is 16.8 Å². The number of nitrogens with one attached hydrogen (secondary N) is 1. The molecule has 1 heterocycles. The highest BCUT2D eigenvalue weighted by Crippen LogP contribution is 2.21. The molecule has 3 nitrogen and oxygen atoms in total. The Kier molecular flexibility index (Phi) is 5.60. The van der Waals surface area contributed by atoms with Gasteiger partial charge in [0.2, 0.25) is 0 Å². The third-order valence-corrected chi connectivity index (χ3v) is 3.20. The van der Waals surface area contributed by atoms with E-state index in [-0.39, 0.29) is 0 Å².